The highest BCUT2D eigenvalue weighted by Gasteiger charge is 2.30. The van der Waals surface area contributed by atoms with Crippen molar-refractivity contribution in [3.05, 3.63) is 22.4 Å². The van der Waals surface area contributed by atoms with Gasteiger partial charge < -0.3 is 9.80 Å². The molecular formula is C18H26N2O2S. The second-order valence-corrected chi connectivity index (χ2v) is 7.73. The quantitative estimate of drug-likeness (QED) is 0.833. The van der Waals surface area contributed by atoms with Crippen molar-refractivity contribution in [2.24, 2.45) is 11.8 Å². The minimum atomic E-state index is 0.104. The summed E-state index contributed by atoms with van der Waals surface area (Å²) in [6, 6.07) is 1.88. The molecule has 2 aliphatic rings. The van der Waals surface area contributed by atoms with Gasteiger partial charge in [0.25, 0.3) is 5.91 Å². The summed E-state index contributed by atoms with van der Waals surface area (Å²) in [5.41, 5.74) is 0.774. The number of carbonyl (C=O) groups excluding carboxylic acids is 2. The average Bonchev–Trinajstić information content (AvgIpc) is 2.98. The Hall–Kier alpha value is -1.36. The lowest BCUT2D eigenvalue weighted by atomic mass is 9.81. The van der Waals surface area contributed by atoms with Crippen molar-refractivity contribution >= 4 is 23.2 Å². The van der Waals surface area contributed by atoms with E-state index in [0.29, 0.717) is 24.9 Å². The van der Waals surface area contributed by atoms with E-state index in [1.165, 1.54) is 12.8 Å². The fourth-order valence-electron chi connectivity index (χ4n) is 3.83. The predicted octanol–water partition coefficient (Wildman–Crippen LogP) is 3.25. The van der Waals surface area contributed by atoms with Crippen LogP contribution in [0.3, 0.4) is 0 Å². The SMILES string of the molecule is CC1CCCC(C(=O)N2CCCN(C(=O)c3ccsc3)CC2)C1. The van der Waals surface area contributed by atoms with Crippen molar-refractivity contribution in [1.82, 2.24) is 9.80 Å². The molecule has 0 spiro atoms. The van der Waals surface area contributed by atoms with Gasteiger partial charge in [-0.3, -0.25) is 9.59 Å². The molecule has 3 rings (SSSR count). The second kappa shape index (κ2) is 7.47. The van der Waals surface area contributed by atoms with Crippen LogP contribution in [0.2, 0.25) is 0 Å². The van der Waals surface area contributed by atoms with Crippen LogP contribution in [0.15, 0.2) is 16.8 Å². The zero-order chi connectivity index (χ0) is 16.2. The van der Waals surface area contributed by atoms with Crippen molar-refractivity contribution < 1.29 is 9.59 Å². The number of hydrogen-bond donors (Lipinski definition) is 0. The molecule has 2 fully saturated rings. The van der Waals surface area contributed by atoms with Crippen molar-refractivity contribution in [1.29, 1.82) is 0 Å². The number of amides is 2. The van der Waals surface area contributed by atoms with Crippen LogP contribution in [0, 0.1) is 11.8 Å². The maximum atomic E-state index is 12.8. The highest BCUT2D eigenvalue weighted by molar-refractivity contribution is 7.08. The molecule has 1 aromatic rings. The monoisotopic (exact) mass is 334 g/mol. The Bertz CT molecular complexity index is 543. The molecule has 5 heteroatoms. The molecule has 1 aliphatic carbocycles. The normalized spacial score (nSPS) is 26.0. The van der Waals surface area contributed by atoms with Crippen molar-refractivity contribution in [3.63, 3.8) is 0 Å². The van der Waals surface area contributed by atoms with Gasteiger partial charge in [0, 0.05) is 37.5 Å². The van der Waals surface area contributed by atoms with Crippen LogP contribution in [0.25, 0.3) is 0 Å². The Balaban J connectivity index is 1.57. The molecule has 23 heavy (non-hydrogen) atoms. The molecule has 1 aromatic heterocycles. The third kappa shape index (κ3) is 3.94. The van der Waals surface area contributed by atoms with E-state index < -0.39 is 0 Å². The minimum Gasteiger partial charge on any atom is -0.341 e. The van der Waals surface area contributed by atoms with Gasteiger partial charge >= 0.3 is 0 Å². The Kier molecular flexibility index (Phi) is 5.36. The molecule has 1 aliphatic heterocycles. The number of rotatable bonds is 2. The van der Waals surface area contributed by atoms with Crippen LogP contribution in [0.5, 0.6) is 0 Å². The van der Waals surface area contributed by atoms with Gasteiger partial charge in [0.1, 0.15) is 0 Å². The Morgan fingerprint density at radius 2 is 1.87 bits per heavy atom. The fraction of sp³-hybridized carbons (Fsp3) is 0.667. The third-order valence-electron chi connectivity index (χ3n) is 5.15. The molecule has 0 bridgehead atoms. The van der Waals surface area contributed by atoms with Gasteiger partial charge in [0.05, 0.1) is 5.56 Å². The van der Waals surface area contributed by atoms with Gasteiger partial charge in [-0.05, 0) is 36.6 Å². The van der Waals surface area contributed by atoms with Crippen LogP contribution < -0.4 is 0 Å². The summed E-state index contributed by atoms with van der Waals surface area (Å²) in [6.07, 6.45) is 5.38. The van der Waals surface area contributed by atoms with E-state index in [2.05, 4.69) is 6.92 Å². The van der Waals surface area contributed by atoms with E-state index >= 15 is 0 Å². The van der Waals surface area contributed by atoms with Gasteiger partial charge in [-0.15, -0.1) is 0 Å². The van der Waals surface area contributed by atoms with E-state index in [1.807, 2.05) is 26.6 Å². The molecule has 1 saturated heterocycles. The van der Waals surface area contributed by atoms with Gasteiger partial charge in [-0.2, -0.15) is 11.3 Å². The van der Waals surface area contributed by atoms with Crippen molar-refractivity contribution in [3.8, 4) is 0 Å². The summed E-state index contributed by atoms with van der Waals surface area (Å²) in [5.74, 6) is 1.30. The van der Waals surface area contributed by atoms with Gasteiger partial charge in [0.2, 0.25) is 5.91 Å². The van der Waals surface area contributed by atoms with Crippen molar-refractivity contribution in [2.45, 2.75) is 39.0 Å². The molecule has 2 amide bonds. The van der Waals surface area contributed by atoms with Crippen LogP contribution in [0.4, 0.5) is 0 Å². The summed E-state index contributed by atoms with van der Waals surface area (Å²) in [4.78, 5) is 29.1. The minimum absolute atomic E-state index is 0.104. The lowest BCUT2D eigenvalue weighted by Gasteiger charge is -2.31. The highest BCUT2D eigenvalue weighted by atomic mass is 32.1. The first kappa shape index (κ1) is 16.5. The van der Waals surface area contributed by atoms with Crippen molar-refractivity contribution in [2.75, 3.05) is 26.2 Å². The topological polar surface area (TPSA) is 40.6 Å². The molecule has 0 N–H and O–H groups in total. The van der Waals surface area contributed by atoms with Gasteiger partial charge in [-0.1, -0.05) is 19.8 Å². The van der Waals surface area contributed by atoms with E-state index in [9.17, 15) is 9.59 Å². The number of carbonyl (C=O) groups is 2. The van der Waals surface area contributed by atoms with E-state index in [4.69, 9.17) is 0 Å². The zero-order valence-corrected chi connectivity index (χ0v) is 14.7. The van der Waals surface area contributed by atoms with E-state index in [1.54, 1.807) is 11.3 Å². The number of thiophene rings is 1. The summed E-state index contributed by atoms with van der Waals surface area (Å²) in [5, 5.41) is 3.84. The Morgan fingerprint density at radius 3 is 2.61 bits per heavy atom. The molecule has 2 atom stereocenters. The van der Waals surface area contributed by atoms with Gasteiger partial charge in [0.15, 0.2) is 0 Å². The summed E-state index contributed by atoms with van der Waals surface area (Å²) < 4.78 is 0. The van der Waals surface area contributed by atoms with Crippen LogP contribution in [-0.4, -0.2) is 47.8 Å². The summed E-state index contributed by atoms with van der Waals surface area (Å²) in [6.45, 7) is 5.13. The standard InChI is InChI=1S/C18H26N2O2S/c1-14-4-2-5-15(12-14)17(21)19-7-3-8-20(10-9-19)18(22)16-6-11-23-13-16/h6,11,13-15H,2-5,7-10,12H2,1H3. The van der Waals surface area contributed by atoms with E-state index in [-0.39, 0.29) is 11.8 Å². The smallest absolute Gasteiger partial charge is 0.254 e. The first-order valence-corrected chi connectivity index (χ1v) is 9.69. The maximum Gasteiger partial charge on any atom is 0.254 e. The molecule has 126 valence electrons. The molecule has 2 heterocycles. The summed E-state index contributed by atoms with van der Waals surface area (Å²) in [7, 11) is 0. The Labute approximate surface area is 142 Å². The third-order valence-corrected chi connectivity index (χ3v) is 5.83. The molecular weight excluding hydrogens is 308 g/mol. The largest absolute Gasteiger partial charge is 0.341 e. The van der Waals surface area contributed by atoms with Crippen LogP contribution >= 0.6 is 11.3 Å². The molecule has 4 nitrogen and oxygen atoms in total. The second-order valence-electron chi connectivity index (χ2n) is 6.95. The average molecular weight is 334 g/mol. The zero-order valence-electron chi connectivity index (χ0n) is 13.9. The first-order valence-electron chi connectivity index (χ1n) is 8.75. The first-order chi connectivity index (χ1) is 11.1. The van der Waals surface area contributed by atoms with E-state index in [0.717, 1.165) is 37.9 Å². The fourth-order valence-corrected chi connectivity index (χ4v) is 4.46. The summed E-state index contributed by atoms with van der Waals surface area (Å²) >= 11 is 1.55. The molecule has 0 radical (unpaired) electrons. The highest BCUT2D eigenvalue weighted by Crippen LogP contribution is 2.30. The maximum absolute atomic E-state index is 12.8. The molecule has 0 aromatic carbocycles. The molecule has 2 unspecified atom stereocenters. The lowest BCUT2D eigenvalue weighted by molar-refractivity contribution is -0.136. The lowest BCUT2D eigenvalue weighted by Crippen LogP contribution is -2.41. The van der Waals surface area contributed by atoms with Crippen LogP contribution in [0.1, 0.15) is 49.4 Å². The molecule has 1 saturated carbocycles. The van der Waals surface area contributed by atoms with Gasteiger partial charge in [-0.25, -0.2) is 0 Å². The van der Waals surface area contributed by atoms with Crippen LogP contribution in [-0.2, 0) is 4.79 Å². The predicted molar refractivity (Wildman–Crippen MR) is 92.5 cm³/mol. The Morgan fingerprint density at radius 1 is 1.09 bits per heavy atom. The number of hydrogen-bond acceptors (Lipinski definition) is 3. The number of nitrogens with zero attached hydrogens (tertiary/aromatic N) is 2.